The van der Waals surface area contributed by atoms with Crippen LogP contribution in [-0.2, 0) is 0 Å². The highest BCUT2D eigenvalue weighted by molar-refractivity contribution is 9.10. The number of rotatable bonds is 0. The van der Waals surface area contributed by atoms with Crippen LogP contribution in [0.3, 0.4) is 0 Å². The van der Waals surface area contributed by atoms with E-state index in [1.54, 1.807) is 6.07 Å². The summed E-state index contributed by atoms with van der Waals surface area (Å²) in [6, 6.07) is 2.65. The Balaban J connectivity index is 2.97. The molecule has 1 heterocycles. The summed E-state index contributed by atoms with van der Waals surface area (Å²) < 4.78 is 30.9. The van der Waals surface area contributed by atoms with Gasteiger partial charge in [-0.1, -0.05) is 0 Å². The molecular formula is C8H3BrF2O. The number of hydrogen-bond donors (Lipinski definition) is 0. The van der Waals surface area contributed by atoms with Crippen molar-refractivity contribution in [1.82, 2.24) is 0 Å². The summed E-state index contributed by atoms with van der Waals surface area (Å²) in [4.78, 5) is 0. The van der Waals surface area contributed by atoms with Crippen molar-refractivity contribution < 1.29 is 13.2 Å². The van der Waals surface area contributed by atoms with Gasteiger partial charge in [-0.15, -0.1) is 0 Å². The van der Waals surface area contributed by atoms with Crippen molar-refractivity contribution in [3.8, 4) is 0 Å². The predicted molar refractivity (Wildman–Crippen MR) is 43.8 cm³/mol. The van der Waals surface area contributed by atoms with Crippen LogP contribution in [0, 0.1) is 11.6 Å². The third-order valence-electron chi connectivity index (χ3n) is 1.59. The molecular weight excluding hydrogens is 230 g/mol. The maximum Gasteiger partial charge on any atom is 0.201 e. The smallest absolute Gasteiger partial charge is 0.201 e. The minimum atomic E-state index is -0.946. The van der Waals surface area contributed by atoms with Gasteiger partial charge < -0.3 is 4.42 Å². The van der Waals surface area contributed by atoms with Gasteiger partial charge >= 0.3 is 0 Å². The molecule has 0 bridgehead atoms. The molecule has 0 radical (unpaired) electrons. The Hall–Kier alpha value is -0.900. The lowest BCUT2D eigenvalue weighted by Crippen LogP contribution is -1.83. The monoisotopic (exact) mass is 232 g/mol. The first-order valence-electron chi connectivity index (χ1n) is 3.21. The summed E-state index contributed by atoms with van der Waals surface area (Å²) in [5.74, 6) is -1.86. The Labute approximate surface area is 75.1 Å². The van der Waals surface area contributed by atoms with E-state index in [1.807, 2.05) is 0 Å². The predicted octanol–water partition coefficient (Wildman–Crippen LogP) is 3.47. The lowest BCUT2D eigenvalue weighted by molar-refractivity contribution is 0.491. The number of hydrogen-bond acceptors (Lipinski definition) is 1. The van der Waals surface area contributed by atoms with E-state index in [4.69, 9.17) is 4.42 Å². The molecule has 0 unspecified atom stereocenters. The molecule has 1 aromatic carbocycles. The topological polar surface area (TPSA) is 13.1 Å². The third-order valence-corrected chi connectivity index (χ3v) is 2.24. The Morgan fingerprint density at radius 3 is 2.83 bits per heavy atom. The van der Waals surface area contributed by atoms with Crippen LogP contribution in [0.1, 0.15) is 0 Å². The van der Waals surface area contributed by atoms with Crippen molar-refractivity contribution in [3.63, 3.8) is 0 Å². The highest BCUT2D eigenvalue weighted by Crippen LogP contribution is 2.28. The van der Waals surface area contributed by atoms with Gasteiger partial charge in [-0.25, -0.2) is 4.39 Å². The fraction of sp³-hybridized carbons (Fsp3) is 0. The summed E-state index contributed by atoms with van der Waals surface area (Å²) in [5.41, 5.74) is -0.0538. The molecule has 0 fully saturated rings. The fourth-order valence-electron chi connectivity index (χ4n) is 1.03. The number of fused-ring (bicyclic) bond motifs is 1. The molecule has 2 rings (SSSR count). The third kappa shape index (κ3) is 0.948. The quantitative estimate of drug-likeness (QED) is 0.635. The van der Waals surface area contributed by atoms with Crippen LogP contribution in [0.15, 0.2) is 27.3 Å². The van der Waals surface area contributed by atoms with E-state index in [0.29, 0.717) is 9.86 Å². The molecule has 0 saturated heterocycles. The maximum atomic E-state index is 12.9. The number of furan rings is 1. The molecule has 2 aromatic rings. The van der Waals surface area contributed by atoms with E-state index in [2.05, 4.69) is 15.9 Å². The lowest BCUT2D eigenvalue weighted by Gasteiger charge is -1.95. The van der Waals surface area contributed by atoms with Crippen molar-refractivity contribution >= 4 is 26.9 Å². The standard InChI is InChI=1S/C8H3BrF2O/c9-5-3-6(10)7(11)8-4(5)1-2-12-8/h1-3H. The van der Waals surface area contributed by atoms with Gasteiger partial charge in [0.15, 0.2) is 11.4 Å². The molecule has 1 nitrogen and oxygen atoms in total. The van der Waals surface area contributed by atoms with E-state index in [9.17, 15) is 8.78 Å². The second kappa shape index (κ2) is 2.55. The average Bonchev–Trinajstić information content (AvgIpc) is 2.48. The molecule has 0 aliphatic heterocycles. The Morgan fingerprint density at radius 2 is 2.08 bits per heavy atom. The van der Waals surface area contributed by atoms with Crippen molar-refractivity contribution in [3.05, 3.63) is 34.5 Å². The van der Waals surface area contributed by atoms with Crippen LogP contribution in [0.5, 0.6) is 0 Å². The zero-order chi connectivity index (χ0) is 8.72. The van der Waals surface area contributed by atoms with Crippen LogP contribution in [0.25, 0.3) is 11.0 Å². The first kappa shape index (κ1) is 7.73. The van der Waals surface area contributed by atoms with Crippen LogP contribution in [0.2, 0.25) is 0 Å². The van der Waals surface area contributed by atoms with Gasteiger partial charge in [-0.3, -0.25) is 0 Å². The average molecular weight is 233 g/mol. The minimum Gasteiger partial charge on any atom is -0.461 e. The van der Waals surface area contributed by atoms with Crippen LogP contribution in [-0.4, -0.2) is 0 Å². The van der Waals surface area contributed by atoms with Crippen LogP contribution >= 0.6 is 15.9 Å². The van der Waals surface area contributed by atoms with Crippen molar-refractivity contribution in [2.24, 2.45) is 0 Å². The van der Waals surface area contributed by atoms with E-state index < -0.39 is 11.6 Å². The van der Waals surface area contributed by atoms with Gasteiger partial charge in [-0.2, -0.15) is 4.39 Å². The zero-order valence-electron chi connectivity index (χ0n) is 5.77. The summed E-state index contributed by atoms with van der Waals surface area (Å²) in [5, 5.41) is 0.536. The summed E-state index contributed by atoms with van der Waals surface area (Å²) in [6.07, 6.45) is 1.32. The molecule has 0 saturated carbocycles. The second-order valence-electron chi connectivity index (χ2n) is 2.32. The van der Waals surface area contributed by atoms with E-state index in [-0.39, 0.29) is 5.58 Å². The van der Waals surface area contributed by atoms with E-state index in [0.717, 1.165) is 6.07 Å². The molecule has 0 spiro atoms. The molecule has 0 amide bonds. The summed E-state index contributed by atoms with van der Waals surface area (Å²) in [6.45, 7) is 0. The van der Waals surface area contributed by atoms with E-state index >= 15 is 0 Å². The first-order chi connectivity index (χ1) is 5.70. The molecule has 0 N–H and O–H groups in total. The van der Waals surface area contributed by atoms with Crippen molar-refractivity contribution in [2.75, 3.05) is 0 Å². The first-order valence-corrected chi connectivity index (χ1v) is 4.00. The van der Waals surface area contributed by atoms with Gasteiger partial charge in [0.1, 0.15) is 0 Å². The highest BCUT2D eigenvalue weighted by Gasteiger charge is 2.12. The molecule has 0 atom stereocenters. The highest BCUT2D eigenvalue weighted by atomic mass is 79.9. The zero-order valence-corrected chi connectivity index (χ0v) is 7.36. The molecule has 0 aliphatic rings. The van der Waals surface area contributed by atoms with Crippen LogP contribution in [0.4, 0.5) is 8.78 Å². The van der Waals surface area contributed by atoms with Gasteiger partial charge in [0.25, 0.3) is 0 Å². The normalized spacial score (nSPS) is 10.9. The molecule has 12 heavy (non-hydrogen) atoms. The molecule has 0 aliphatic carbocycles. The second-order valence-corrected chi connectivity index (χ2v) is 3.17. The maximum absolute atomic E-state index is 12.9. The number of benzene rings is 1. The van der Waals surface area contributed by atoms with Crippen molar-refractivity contribution in [1.29, 1.82) is 0 Å². The Kier molecular flexibility index (Phi) is 1.65. The summed E-state index contributed by atoms with van der Waals surface area (Å²) >= 11 is 3.09. The van der Waals surface area contributed by atoms with Gasteiger partial charge in [0.05, 0.1) is 6.26 Å². The largest absolute Gasteiger partial charge is 0.461 e. The van der Waals surface area contributed by atoms with Crippen LogP contribution < -0.4 is 0 Å². The molecule has 4 heteroatoms. The number of halogens is 3. The molecule has 62 valence electrons. The van der Waals surface area contributed by atoms with E-state index in [1.165, 1.54) is 6.26 Å². The summed E-state index contributed by atoms with van der Waals surface area (Å²) in [7, 11) is 0. The minimum absolute atomic E-state index is 0.0538. The fourth-order valence-corrected chi connectivity index (χ4v) is 1.54. The molecule has 1 aromatic heterocycles. The van der Waals surface area contributed by atoms with Crippen molar-refractivity contribution in [2.45, 2.75) is 0 Å². The Morgan fingerprint density at radius 1 is 1.33 bits per heavy atom. The Bertz CT molecular complexity index is 436. The SMILES string of the molecule is Fc1cc(Br)c2ccoc2c1F. The van der Waals surface area contributed by atoms with Gasteiger partial charge in [-0.05, 0) is 28.1 Å². The lowest BCUT2D eigenvalue weighted by atomic mass is 10.2. The van der Waals surface area contributed by atoms with Gasteiger partial charge in [0.2, 0.25) is 5.82 Å². The van der Waals surface area contributed by atoms with Gasteiger partial charge in [0, 0.05) is 9.86 Å².